The van der Waals surface area contributed by atoms with Gasteiger partial charge in [0.1, 0.15) is 17.2 Å². The van der Waals surface area contributed by atoms with Gasteiger partial charge in [0.15, 0.2) is 0 Å². The van der Waals surface area contributed by atoms with Gasteiger partial charge in [-0.3, -0.25) is 0 Å². The van der Waals surface area contributed by atoms with Crippen LogP contribution in [0.2, 0.25) is 0 Å². The Hall–Kier alpha value is -3.42. The molecule has 0 bridgehead atoms. The molecule has 0 radical (unpaired) electrons. The first kappa shape index (κ1) is 21.8. The summed E-state index contributed by atoms with van der Waals surface area (Å²) in [7, 11) is 0. The molecule has 32 heavy (non-hydrogen) atoms. The lowest BCUT2D eigenvalue weighted by atomic mass is 9.99. The highest BCUT2D eigenvalue weighted by atomic mass is 19.4. The maximum absolute atomic E-state index is 12.5. The lowest BCUT2D eigenvalue weighted by Gasteiger charge is -2.20. The normalized spacial score (nSPS) is 16.5. The molecule has 2 aromatic rings. The number of hydrogen-bond donors (Lipinski definition) is 1. The molecule has 0 spiro atoms. The third kappa shape index (κ3) is 5.25. The lowest BCUT2D eigenvalue weighted by molar-refractivity contribution is -0.274. The molecule has 2 aliphatic rings. The SMILES string of the molecule is C=C1CN(Cc2cccc(OC(F)(F)F)c2)C(C(=O)O)=C1c1cccc(OCC2CC2)c1. The van der Waals surface area contributed by atoms with Gasteiger partial charge in [0.05, 0.1) is 6.61 Å². The number of nitrogens with zero attached hydrogens (tertiary/aromatic N) is 1. The van der Waals surface area contributed by atoms with E-state index in [0.29, 0.717) is 40.5 Å². The molecule has 1 fully saturated rings. The first-order valence-electron chi connectivity index (χ1n) is 10.2. The molecule has 0 amide bonds. The van der Waals surface area contributed by atoms with Crippen molar-refractivity contribution < 1.29 is 32.5 Å². The van der Waals surface area contributed by atoms with Gasteiger partial charge in [0, 0.05) is 18.7 Å². The number of aliphatic carboxylic acids is 1. The van der Waals surface area contributed by atoms with Crippen molar-refractivity contribution in [2.24, 2.45) is 5.92 Å². The van der Waals surface area contributed by atoms with Crippen LogP contribution in [0.1, 0.15) is 24.0 Å². The van der Waals surface area contributed by atoms with E-state index in [-0.39, 0.29) is 24.5 Å². The minimum atomic E-state index is -4.80. The Balaban J connectivity index is 1.59. The molecule has 168 valence electrons. The lowest BCUT2D eigenvalue weighted by Crippen LogP contribution is -2.24. The van der Waals surface area contributed by atoms with Crippen LogP contribution in [0.25, 0.3) is 5.57 Å². The maximum atomic E-state index is 12.5. The Morgan fingerprint density at radius 2 is 1.84 bits per heavy atom. The van der Waals surface area contributed by atoms with Gasteiger partial charge in [-0.2, -0.15) is 0 Å². The van der Waals surface area contributed by atoms with Crippen LogP contribution in [0, 0.1) is 5.92 Å². The van der Waals surface area contributed by atoms with E-state index in [0.717, 1.165) is 12.8 Å². The van der Waals surface area contributed by atoms with E-state index in [1.165, 1.54) is 18.2 Å². The molecule has 0 aromatic heterocycles. The van der Waals surface area contributed by atoms with Crippen LogP contribution in [-0.4, -0.2) is 35.5 Å². The predicted molar refractivity (Wildman–Crippen MR) is 112 cm³/mol. The maximum Gasteiger partial charge on any atom is 0.573 e. The van der Waals surface area contributed by atoms with E-state index in [4.69, 9.17) is 4.74 Å². The average molecular weight is 445 g/mol. The van der Waals surface area contributed by atoms with E-state index in [2.05, 4.69) is 11.3 Å². The molecule has 1 aliphatic carbocycles. The van der Waals surface area contributed by atoms with Crippen LogP contribution in [0.15, 0.2) is 66.4 Å². The fourth-order valence-corrected chi connectivity index (χ4v) is 3.73. The van der Waals surface area contributed by atoms with E-state index >= 15 is 0 Å². The van der Waals surface area contributed by atoms with Crippen LogP contribution in [0.3, 0.4) is 0 Å². The van der Waals surface area contributed by atoms with Gasteiger partial charge in [-0.1, -0.05) is 30.8 Å². The molecule has 2 aromatic carbocycles. The van der Waals surface area contributed by atoms with Crippen LogP contribution < -0.4 is 9.47 Å². The van der Waals surface area contributed by atoms with Gasteiger partial charge in [-0.05, 0) is 59.7 Å². The summed E-state index contributed by atoms with van der Waals surface area (Å²) in [4.78, 5) is 13.7. The molecule has 5 nitrogen and oxygen atoms in total. The number of hydrogen-bond acceptors (Lipinski definition) is 4. The Morgan fingerprint density at radius 3 is 2.53 bits per heavy atom. The monoisotopic (exact) mass is 445 g/mol. The van der Waals surface area contributed by atoms with E-state index in [1.807, 2.05) is 6.07 Å². The molecule has 0 atom stereocenters. The Bertz CT molecular complexity index is 1070. The molecular weight excluding hydrogens is 423 g/mol. The summed E-state index contributed by atoms with van der Waals surface area (Å²) in [6, 6.07) is 12.7. The summed E-state index contributed by atoms with van der Waals surface area (Å²) in [5.41, 5.74) is 2.33. The number of alkyl halides is 3. The van der Waals surface area contributed by atoms with Crippen molar-refractivity contribution in [3.63, 3.8) is 0 Å². The predicted octanol–water partition coefficient (Wildman–Crippen LogP) is 5.24. The molecule has 1 aliphatic heterocycles. The van der Waals surface area contributed by atoms with Gasteiger partial charge in [0.2, 0.25) is 0 Å². The number of carboxylic acid groups (broad SMARTS) is 1. The summed E-state index contributed by atoms with van der Waals surface area (Å²) in [5.74, 6) is -0.239. The minimum Gasteiger partial charge on any atom is -0.493 e. The summed E-state index contributed by atoms with van der Waals surface area (Å²) in [6.07, 6.45) is -2.48. The number of halogens is 3. The number of ether oxygens (including phenoxy) is 2. The summed E-state index contributed by atoms with van der Waals surface area (Å²) >= 11 is 0. The van der Waals surface area contributed by atoms with Gasteiger partial charge in [-0.15, -0.1) is 13.2 Å². The third-order valence-corrected chi connectivity index (χ3v) is 5.30. The molecule has 0 unspecified atom stereocenters. The minimum absolute atomic E-state index is 0.0523. The highest BCUT2D eigenvalue weighted by molar-refractivity contribution is 6.02. The molecule has 4 rings (SSSR count). The fraction of sp³-hybridized carbons (Fsp3) is 0.292. The molecule has 0 saturated heterocycles. The standard InChI is InChI=1S/C24H22F3NO4/c1-15-12-28(13-17-4-2-7-20(10-17)32-24(25,26)27)22(23(29)30)21(15)18-5-3-6-19(11-18)31-14-16-8-9-16/h2-7,10-11,16H,1,8-9,12-14H2,(H,29,30). The van der Waals surface area contributed by atoms with E-state index in [1.54, 1.807) is 29.2 Å². The van der Waals surface area contributed by atoms with Crippen LogP contribution in [0.5, 0.6) is 11.5 Å². The van der Waals surface area contributed by atoms with Crippen molar-refractivity contribution in [1.82, 2.24) is 4.90 Å². The fourth-order valence-electron chi connectivity index (χ4n) is 3.73. The van der Waals surface area contributed by atoms with Crippen molar-refractivity contribution in [1.29, 1.82) is 0 Å². The zero-order valence-electron chi connectivity index (χ0n) is 17.2. The molecule has 1 heterocycles. The first-order chi connectivity index (χ1) is 15.2. The third-order valence-electron chi connectivity index (χ3n) is 5.30. The first-order valence-corrected chi connectivity index (χ1v) is 10.2. The quantitative estimate of drug-likeness (QED) is 0.602. The topological polar surface area (TPSA) is 59.0 Å². The van der Waals surface area contributed by atoms with Gasteiger partial charge >= 0.3 is 12.3 Å². The van der Waals surface area contributed by atoms with Gasteiger partial charge in [0.25, 0.3) is 0 Å². The number of carbonyl (C=O) groups is 1. The Morgan fingerprint density at radius 1 is 1.12 bits per heavy atom. The summed E-state index contributed by atoms with van der Waals surface area (Å²) in [6.45, 7) is 5.01. The number of rotatable bonds is 8. The zero-order valence-corrected chi connectivity index (χ0v) is 17.2. The molecule has 1 saturated carbocycles. The van der Waals surface area contributed by atoms with Crippen molar-refractivity contribution in [3.05, 3.63) is 77.5 Å². The van der Waals surface area contributed by atoms with Crippen molar-refractivity contribution in [3.8, 4) is 11.5 Å². The van der Waals surface area contributed by atoms with Crippen LogP contribution >= 0.6 is 0 Å². The largest absolute Gasteiger partial charge is 0.573 e. The van der Waals surface area contributed by atoms with Crippen molar-refractivity contribution >= 4 is 11.5 Å². The second kappa shape index (κ2) is 8.61. The summed E-state index contributed by atoms with van der Waals surface area (Å²) < 4.78 is 47.4. The van der Waals surface area contributed by atoms with Crippen LogP contribution in [0.4, 0.5) is 13.2 Å². The Kier molecular flexibility index (Phi) is 5.86. The number of benzene rings is 2. The number of carboxylic acids is 1. The second-order valence-corrected chi connectivity index (χ2v) is 7.97. The molecular formula is C24H22F3NO4. The second-order valence-electron chi connectivity index (χ2n) is 7.97. The molecule has 1 N–H and O–H groups in total. The summed E-state index contributed by atoms with van der Waals surface area (Å²) in [5, 5.41) is 9.93. The van der Waals surface area contributed by atoms with Crippen LogP contribution in [-0.2, 0) is 11.3 Å². The smallest absolute Gasteiger partial charge is 0.493 e. The highest BCUT2D eigenvalue weighted by Gasteiger charge is 2.33. The molecule has 8 heteroatoms. The van der Waals surface area contributed by atoms with E-state index < -0.39 is 12.3 Å². The Labute approximate surface area is 183 Å². The zero-order chi connectivity index (χ0) is 22.9. The van der Waals surface area contributed by atoms with Crippen molar-refractivity contribution in [2.75, 3.05) is 13.2 Å². The van der Waals surface area contributed by atoms with Crippen molar-refractivity contribution in [2.45, 2.75) is 25.7 Å². The highest BCUT2D eigenvalue weighted by Crippen LogP contribution is 2.38. The van der Waals surface area contributed by atoms with E-state index in [9.17, 15) is 23.1 Å². The average Bonchev–Trinajstić information content (AvgIpc) is 3.47. The van der Waals surface area contributed by atoms with Gasteiger partial charge in [-0.25, -0.2) is 4.79 Å². The van der Waals surface area contributed by atoms with Gasteiger partial charge < -0.3 is 19.5 Å².